The van der Waals surface area contributed by atoms with Crippen LogP contribution in [-0.2, 0) is 9.53 Å². The number of hydrogen-bond acceptors (Lipinski definition) is 4. The molecule has 5 nitrogen and oxygen atoms in total. The van der Waals surface area contributed by atoms with Crippen molar-refractivity contribution in [2.45, 2.75) is 13.0 Å². The van der Waals surface area contributed by atoms with E-state index in [2.05, 4.69) is 27.9 Å². The molecule has 0 saturated heterocycles. The summed E-state index contributed by atoms with van der Waals surface area (Å²) in [5, 5.41) is 2.68. The minimum Gasteiger partial charge on any atom is -0.495 e. The first-order chi connectivity index (χ1) is 11.0. The molecule has 0 aromatic heterocycles. The van der Waals surface area contributed by atoms with Crippen LogP contribution in [0.15, 0.2) is 48.5 Å². The first-order valence-corrected chi connectivity index (χ1v) is 7.99. The molecule has 0 unspecified atom stereocenters. The van der Waals surface area contributed by atoms with Gasteiger partial charge in [0.25, 0.3) is 5.91 Å². The fraction of sp³-hybridized carbons (Fsp3) is 0.176. The highest BCUT2D eigenvalue weighted by atomic mass is 127. The molecular weight excluding hydrogens is 409 g/mol. The van der Waals surface area contributed by atoms with Crippen molar-refractivity contribution in [3.8, 4) is 5.75 Å². The highest BCUT2D eigenvalue weighted by Crippen LogP contribution is 2.23. The smallest absolute Gasteiger partial charge is 0.338 e. The van der Waals surface area contributed by atoms with E-state index < -0.39 is 18.0 Å². The van der Waals surface area contributed by atoms with Crippen molar-refractivity contribution < 1.29 is 19.1 Å². The van der Waals surface area contributed by atoms with Gasteiger partial charge < -0.3 is 14.8 Å². The molecule has 0 saturated carbocycles. The van der Waals surface area contributed by atoms with Gasteiger partial charge in [-0.25, -0.2) is 4.79 Å². The normalized spacial score (nSPS) is 11.4. The molecule has 1 amide bonds. The van der Waals surface area contributed by atoms with Crippen molar-refractivity contribution in [2.24, 2.45) is 0 Å². The first-order valence-electron chi connectivity index (χ1n) is 6.91. The van der Waals surface area contributed by atoms with Crippen LogP contribution in [-0.4, -0.2) is 25.1 Å². The van der Waals surface area contributed by atoms with Crippen LogP contribution >= 0.6 is 22.6 Å². The number of ether oxygens (including phenoxy) is 2. The van der Waals surface area contributed by atoms with E-state index in [0.29, 0.717) is 17.0 Å². The van der Waals surface area contributed by atoms with E-state index in [1.165, 1.54) is 14.0 Å². The summed E-state index contributed by atoms with van der Waals surface area (Å²) in [5.74, 6) is -0.422. The van der Waals surface area contributed by atoms with E-state index in [0.717, 1.165) is 3.57 Å². The number of halogens is 1. The van der Waals surface area contributed by atoms with Crippen molar-refractivity contribution in [2.75, 3.05) is 12.4 Å². The molecule has 0 spiro atoms. The number of amides is 1. The van der Waals surface area contributed by atoms with Gasteiger partial charge in [-0.15, -0.1) is 0 Å². The molecule has 0 aliphatic heterocycles. The van der Waals surface area contributed by atoms with Crippen LogP contribution in [0.3, 0.4) is 0 Å². The van der Waals surface area contributed by atoms with Gasteiger partial charge in [0.1, 0.15) is 5.75 Å². The summed E-state index contributed by atoms with van der Waals surface area (Å²) in [5.41, 5.74) is 0.930. The van der Waals surface area contributed by atoms with E-state index in [9.17, 15) is 9.59 Å². The predicted molar refractivity (Wildman–Crippen MR) is 95.7 cm³/mol. The molecule has 23 heavy (non-hydrogen) atoms. The molecule has 2 rings (SSSR count). The predicted octanol–water partition coefficient (Wildman–Crippen LogP) is 3.48. The Balaban J connectivity index is 1.99. The number of rotatable bonds is 5. The Morgan fingerprint density at radius 2 is 1.74 bits per heavy atom. The Labute approximate surface area is 148 Å². The average molecular weight is 425 g/mol. The Kier molecular flexibility index (Phi) is 5.97. The van der Waals surface area contributed by atoms with Crippen LogP contribution in [0.2, 0.25) is 0 Å². The molecule has 2 aromatic carbocycles. The zero-order chi connectivity index (χ0) is 16.8. The van der Waals surface area contributed by atoms with Crippen LogP contribution in [0.25, 0.3) is 0 Å². The lowest BCUT2D eigenvalue weighted by Gasteiger charge is -2.15. The minimum atomic E-state index is -0.924. The fourth-order valence-electron chi connectivity index (χ4n) is 1.85. The fourth-order valence-corrected chi connectivity index (χ4v) is 2.21. The largest absolute Gasteiger partial charge is 0.495 e. The third kappa shape index (κ3) is 4.69. The maximum Gasteiger partial charge on any atom is 0.338 e. The molecule has 0 radical (unpaired) electrons. The number of anilines is 1. The van der Waals surface area contributed by atoms with Crippen LogP contribution in [0.5, 0.6) is 5.75 Å². The zero-order valence-electron chi connectivity index (χ0n) is 12.7. The lowest BCUT2D eigenvalue weighted by atomic mass is 10.2. The Morgan fingerprint density at radius 3 is 2.39 bits per heavy atom. The average Bonchev–Trinajstić information content (AvgIpc) is 2.55. The molecule has 1 N–H and O–H groups in total. The number of esters is 1. The van der Waals surface area contributed by atoms with E-state index in [1.54, 1.807) is 48.5 Å². The second-order valence-corrected chi connectivity index (χ2v) is 5.99. The number of carbonyl (C=O) groups is 2. The number of benzene rings is 2. The van der Waals surface area contributed by atoms with E-state index in [-0.39, 0.29) is 0 Å². The van der Waals surface area contributed by atoms with Crippen LogP contribution < -0.4 is 10.1 Å². The molecule has 2 aromatic rings. The summed E-state index contributed by atoms with van der Waals surface area (Å²) in [4.78, 5) is 24.2. The molecule has 0 bridgehead atoms. The van der Waals surface area contributed by atoms with Crippen molar-refractivity contribution in [1.29, 1.82) is 0 Å². The first kappa shape index (κ1) is 17.3. The lowest BCUT2D eigenvalue weighted by molar-refractivity contribution is -0.123. The second kappa shape index (κ2) is 7.96. The molecule has 0 aliphatic rings. The van der Waals surface area contributed by atoms with Crippen molar-refractivity contribution >= 4 is 40.2 Å². The summed E-state index contributed by atoms with van der Waals surface area (Å²) >= 11 is 2.15. The van der Waals surface area contributed by atoms with Gasteiger partial charge in [0.05, 0.1) is 18.4 Å². The number of methoxy groups -OCH3 is 1. The van der Waals surface area contributed by atoms with E-state index >= 15 is 0 Å². The zero-order valence-corrected chi connectivity index (χ0v) is 14.9. The Hall–Kier alpha value is -2.09. The van der Waals surface area contributed by atoms with E-state index in [4.69, 9.17) is 9.47 Å². The number of nitrogens with one attached hydrogen (secondary N) is 1. The van der Waals surface area contributed by atoms with Gasteiger partial charge in [0.2, 0.25) is 0 Å². The highest BCUT2D eigenvalue weighted by Gasteiger charge is 2.20. The number of carbonyl (C=O) groups excluding carboxylic acids is 2. The van der Waals surface area contributed by atoms with Crippen LogP contribution in [0, 0.1) is 3.57 Å². The van der Waals surface area contributed by atoms with Gasteiger partial charge in [-0.05, 0) is 65.9 Å². The molecule has 0 aliphatic carbocycles. The molecule has 0 fully saturated rings. The SMILES string of the molecule is COc1ccccc1NC(=O)[C@H](C)OC(=O)c1ccc(I)cc1. The van der Waals surface area contributed by atoms with Crippen molar-refractivity contribution in [3.05, 3.63) is 57.7 Å². The molecule has 0 heterocycles. The third-order valence-electron chi connectivity index (χ3n) is 3.10. The maximum absolute atomic E-state index is 12.2. The van der Waals surface area contributed by atoms with Crippen LogP contribution in [0.4, 0.5) is 5.69 Å². The van der Waals surface area contributed by atoms with Gasteiger partial charge in [-0.3, -0.25) is 4.79 Å². The molecule has 120 valence electrons. The number of para-hydroxylation sites is 2. The highest BCUT2D eigenvalue weighted by molar-refractivity contribution is 14.1. The lowest BCUT2D eigenvalue weighted by Crippen LogP contribution is -2.30. The Morgan fingerprint density at radius 1 is 1.09 bits per heavy atom. The van der Waals surface area contributed by atoms with Crippen LogP contribution in [0.1, 0.15) is 17.3 Å². The number of hydrogen-bond donors (Lipinski definition) is 1. The molecular formula is C17H16INO4. The van der Waals surface area contributed by atoms with Crippen molar-refractivity contribution in [3.63, 3.8) is 0 Å². The maximum atomic E-state index is 12.2. The molecule has 6 heteroatoms. The van der Waals surface area contributed by atoms with Gasteiger partial charge in [0.15, 0.2) is 6.10 Å². The monoisotopic (exact) mass is 425 g/mol. The van der Waals surface area contributed by atoms with Gasteiger partial charge in [-0.2, -0.15) is 0 Å². The summed E-state index contributed by atoms with van der Waals surface area (Å²) < 4.78 is 11.4. The topological polar surface area (TPSA) is 64.6 Å². The summed E-state index contributed by atoms with van der Waals surface area (Å²) in [6.45, 7) is 1.52. The van der Waals surface area contributed by atoms with Crippen molar-refractivity contribution in [1.82, 2.24) is 0 Å². The second-order valence-electron chi connectivity index (χ2n) is 4.74. The van der Waals surface area contributed by atoms with E-state index in [1.807, 2.05) is 0 Å². The van der Waals surface area contributed by atoms with Gasteiger partial charge >= 0.3 is 5.97 Å². The van der Waals surface area contributed by atoms with Gasteiger partial charge in [0, 0.05) is 3.57 Å². The summed E-state index contributed by atoms with van der Waals surface area (Å²) in [6, 6.07) is 14.0. The minimum absolute atomic E-state index is 0.405. The quantitative estimate of drug-likeness (QED) is 0.589. The van der Waals surface area contributed by atoms with Gasteiger partial charge in [-0.1, -0.05) is 12.1 Å². The molecule has 1 atom stereocenters. The standard InChI is InChI=1S/C17H16INO4/c1-11(23-17(21)12-7-9-13(18)10-8-12)16(20)19-14-5-3-4-6-15(14)22-2/h3-11H,1-2H3,(H,19,20)/t11-/m0/s1. The Bertz CT molecular complexity index is 700. The third-order valence-corrected chi connectivity index (χ3v) is 3.82. The summed E-state index contributed by atoms with van der Waals surface area (Å²) in [6.07, 6.45) is -0.924. The summed E-state index contributed by atoms with van der Waals surface area (Å²) in [7, 11) is 1.52.